The number of anilines is 1. The van der Waals surface area contributed by atoms with Gasteiger partial charge in [0, 0.05) is 23.9 Å². The summed E-state index contributed by atoms with van der Waals surface area (Å²) in [6, 6.07) is 5.23. The van der Waals surface area contributed by atoms with Crippen LogP contribution in [0.3, 0.4) is 0 Å². The van der Waals surface area contributed by atoms with Crippen molar-refractivity contribution in [1.29, 1.82) is 0 Å². The van der Waals surface area contributed by atoms with Gasteiger partial charge in [-0.3, -0.25) is 10.1 Å². The van der Waals surface area contributed by atoms with Crippen molar-refractivity contribution in [2.45, 2.75) is 39.5 Å². The summed E-state index contributed by atoms with van der Waals surface area (Å²) in [4.78, 5) is 10.6. The highest BCUT2D eigenvalue weighted by molar-refractivity contribution is 5.59. The van der Waals surface area contributed by atoms with Gasteiger partial charge in [0.15, 0.2) is 0 Å². The van der Waals surface area contributed by atoms with Crippen LogP contribution in [0.5, 0.6) is 0 Å². The van der Waals surface area contributed by atoms with Gasteiger partial charge >= 0.3 is 0 Å². The summed E-state index contributed by atoms with van der Waals surface area (Å²) in [6.45, 7) is 5.05. The Morgan fingerprint density at radius 1 is 1.32 bits per heavy atom. The average Bonchev–Trinajstić information content (AvgIpc) is 2.39. The maximum atomic E-state index is 10.9. The summed E-state index contributed by atoms with van der Waals surface area (Å²) in [5.41, 5.74) is 1.83. The number of nitro benzene ring substituents is 1. The topological polar surface area (TPSA) is 55.2 Å². The molecule has 1 fully saturated rings. The summed E-state index contributed by atoms with van der Waals surface area (Å²) in [7, 11) is 0. The Morgan fingerprint density at radius 2 is 2.00 bits per heavy atom. The first-order chi connectivity index (χ1) is 9.08. The third-order valence-corrected chi connectivity index (χ3v) is 4.22. The zero-order chi connectivity index (χ0) is 13.8. The Balaban J connectivity index is 1.96. The van der Waals surface area contributed by atoms with Crippen molar-refractivity contribution in [1.82, 2.24) is 0 Å². The molecule has 1 aliphatic rings. The number of rotatable bonds is 4. The Kier molecular flexibility index (Phi) is 4.40. The van der Waals surface area contributed by atoms with Crippen LogP contribution in [0, 0.1) is 28.9 Å². The lowest BCUT2D eigenvalue weighted by Gasteiger charge is -2.26. The van der Waals surface area contributed by atoms with Gasteiger partial charge in [-0.25, -0.2) is 0 Å². The highest BCUT2D eigenvalue weighted by Gasteiger charge is 2.19. The molecule has 0 saturated heterocycles. The van der Waals surface area contributed by atoms with Crippen LogP contribution < -0.4 is 5.32 Å². The molecule has 2 rings (SSSR count). The lowest BCUT2D eigenvalue weighted by molar-refractivity contribution is -0.385. The third-order valence-electron chi connectivity index (χ3n) is 4.22. The Bertz CT molecular complexity index is 451. The molecule has 1 saturated carbocycles. The van der Waals surface area contributed by atoms with E-state index in [2.05, 4.69) is 12.2 Å². The highest BCUT2D eigenvalue weighted by atomic mass is 16.6. The molecule has 0 aliphatic heterocycles. The van der Waals surface area contributed by atoms with Gasteiger partial charge < -0.3 is 5.32 Å². The van der Waals surface area contributed by atoms with E-state index < -0.39 is 0 Å². The van der Waals surface area contributed by atoms with Crippen LogP contribution in [0.2, 0.25) is 0 Å². The molecule has 0 bridgehead atoms. The summed E-state index contributed by atoms with van der Waals surface area (Å²) in [6.07, 6.45) is 5.14. The predicted octanol–water partition coefficient (Wildman–Crippen LogP) is 4.14. The molecule has 0 atom stereocenters. The number of nitrogens with zero attached hydrogens (tertiary/aromatic N) is 1. The molecule has 104 valence electrons. The minimum atomic E-state index is -0.317. The molecule has 0 unspecified atom stereocenters. The van der Waals surface area contributed by atoms with E-state index in [9.17, 15) is 10.1 Å². The molecule has 0 heterocycles. The zero-order valence-electron chi connectivity index (χ0n) is 11.7. The fourth-order valence-corrected chi connectivity index (χ4v) is 2.80. The number of nitro groups is 1. The predicted molar refractivity (Wildman–Crippen MR) is 77.4 cm³/mol. The molecule has 0 radical (unpaired) electrons. The Labute approximate surface area is 114 Å². The van der Waals surface area contributed by atoms with E-state index in [1.807, 2.05) is 13.0 Å². The first-order valence-electron chi connectivity index (χ1n) is 7.05. The average molecular weight is 262 g/mol. The van der Waals surface area contributed by atoms with Crippen molar-refractivity contribution >= 4 is 11.4 Å². The molecular weight excluding hydrogens is 240 g/mol. The molecule has 0 amide bonds. The van der Waals surface area contributed by atoms with E-state index >= 15 is 0 Å². The van der Waals surface area contributed by atoms with Crippen molar-refractivity contribution in [2.75, 3.05) is 11.9 Å². The second-order valence-electron chi connectivity index (χ2n) is 5.71. The summed E-state index contributed by atoms with van der Waals surface area (Å²) in [5, 5.41) is 14.3. The normalized spacial score (nSPS) is 23.1. The lowest BCUT2D eigenvalue weighted by atomic mass is 9.83. The molecule has 1 aromatic carbocycles. The molecule has 1 aliphatic carbocycles. The minimum absolute atomic E-state index is 0.197. The third kappa shape index (κ3) is 3.46. The van der Waals surface area contributed by atoms with Crippen molar-refractivity contribution in [3.8, 4) is 0 Å². The quantitative estimate of drug-likeness (QED) is 0.655. The van der Waals surface area contributed by atoms with E-state index in [1.54, 1.807) is 12.1 Å². The van der Waals surface area contributed by atoms with Gasteiger partial charge in [-0.15, -0.1) is 0 Å². The van der Waals surface area contributed by atoms with Crippen LogP contribution >= 0.6 is 0 Å². The van der Waals surface area contributed by atoms with E-state index in [1.165, 1.54) is 25.7 Å². The number of hydrogen-bond acceptors (Lipinski definition) is 3. The van der Waals surface area contributed by atoms with Gasteiger partial charge in [0.25, 0.3) is 5.69 Å². The summed E-state index contributed by atoms with van der Waals surface area (Å²) < 4.78 is 0. The maximum Gasteiger partial charge on any atom is 0.274 e. The fraction of sp³-hybridized carbons (Fsp3) is 0.600. The number of benzene rings is 1. The summed E-state index contributed by atoms with van der Waals surface area (Å²) in [5.74, 6) is 1.56. The molecule has 19 heavy (non-hydrogen) atoms. The maximum absolute atomic E-state index is 10.9. The van der Waals surface area contributed by atoms with Crippen LogP contribution in [-0.4, -0.2) is 11.5 Å². The molecule has 4 nitrogen and oxygen atoms in total. The monoisotopic (exact) mass is 262 g/mol. The van der Waals surface area contributed by atoms with Gasteiger partial charge in [0.2, 0.25) is 0 Å². The first kappa shape index (κ1) is 13.8. The van der Waals surface area contributed by atoms with Crippen molar-refractivity contribution in [3.05, 3.63) is 33.9 Å². The smallest absolute Gasteiger partial charge is 0.274 e. The first-order valence-corrected chi connectivity index (χ1v) is 7.05. The summed E-state index contributed by atoms with van der Waals surface area (Å²) >= 11 is 0. The number of nitrogens with one attached hydrogen (secondary N) is 1. The SMILES string of the molecule is Cc1c(NCC2CCC(C)CC2)cccc1[N+](=O)[O-]. The molecule has 0 aromatic heterocycles. The van der Waals surface area contributed by atoms with Crippen LogP contribution in [0.1, 0.15) is 38.2 Å². The largest absolute Gasteiger partial charge is 0.384 e. The van der Waals surface area contributed by atoms with Gasteiger partial charge in [0.05, 0.1) is 4.92 Å². The number of hydrogen-bond donors (Lipinski definition) is 1. The van der Waals surface area contributed by atoms with E-state index in [0.29, 0.717) is 5.92 Å². The minimum Gasteiger partial charge on any atom is -0.384 e. The van der Waals surface area contributed by atoms with E-state index in [0.717, 1.165) is 23.7 Å². The van der Waals surface area contributed by atoms with Gasteiger partial charge in [-0.05, 0) is 37.7 Å². The highest BCUT2D eigenvalue weighted by Crippen LogP contribution is 2.30. The van der Waals surface area contributed by atoms with E-state index in [4.69, 9.17) is 0 Å². The standard InChI is InChI=1S/C15H22N2O2/c1-11-6-8-13(9-7-11)10-16-14-4-3-5-15(12(14)2)17(18)19/h3-5,11,13,16H,6-10H2,1-2H3. The second kappa shape index (κ2) is 6.04. The fourth-order valence-electron chi connectivity index (χ4n) is 2.80. The molecular formula is C15H22N2O2. The second-order valence-corrected chi connectivity index (χ2v) is 5.71. The molecule has 1 aromatic rings. The van der Waals surface area contributed by atoms with Gasteiger partial charge in [-0.1, -0.05) is 25.8 Å². The lowest BCUT2D eigenvalue weighted by Crippen LogP contribution is -2.20. The van der Waals surface area contributed by atoms with Crippen LogP contribution in [0.25, 0.3) is 0 Å². The molecule has 0 spiro atoms. The van der Waals surface area contributed by atoms with Crippen molar-refractivity contribution in [3.63, 3.8) is 0 Å². The van der Waals surface area contributed by atoms with Crippen LogP contribution in [-0.2, 0) is 0 Å². The molecule has 4 heteroatoms. The Hall–Kier alpha value is -1.58. The molecule has 1 N–H and O–H groups in total. The van der Waals surface area contributed by atoms with E-state index in [-0.39, 0.29) is 10.6 Å². The van der Waals surface area contributed by atoms with Gasteiger partial charge in [0.1, 0.15) is 0 Å². The van der Waals surface area contributed by atoms with Crippen molar-refractivity contribution < 1.29 is 4.92 Å². The van der Waals surface area contributed by atoms with Crippen molar-refractivity contribution in [2.24, 2.45) is 11.8 Å². The Morgan fingerprint density at radius 3 is 2.63 bits per heavy atom. The van der Waals surface area contributed by atoms with Crippen LogP contribution in [0.4, 0.5) is 11.4 Å². The van der Waals surface area contributed by atoms with Crippen LogP contribution in [0.15, 0.2) is 18.2 Å². The zero-order valence-corrected chi connectivity index (χ0v) is 11.7. The van der Waals surface area contributed by atoms with Gasteiger partial charge in [-0.2, -0.15) is 0 Å².